The highest BCUT2D eigenvalue weighted by molar-refractivity contribution is 6.05. The number of amides is 1. The van der Waals surface area contributed by atoms with Crippen molar-refractivity contribution in [1.82, 2.24) is 19.7 Å². The van der Waals surface area contributed by atoms with Gasteiger partial charge in [-0.3, -0.25) is 4.79 Å². The van der Waals surface area contributed by atoms with Gasteiger partial charge in [0, 0.05) is 23.0 Å². The molecule has 0 fully saturated rings. The molecule has 0 bridgehead atoms. The molecule has 2 heterocycles. The molecule has 0 spiro atoms. The lowest BCUT2D eigenvalue weighted by molar-refractivity contribution is 0.102. The van der Waals surface area contributed by atoms with Crippen LogP contribution < -0.4 is 5.32 Å². The molecule has 3 rings (SSSR count). The first-order valence-corrected chi connectivity index (χ1v) is 8.11. The fraction of sp³-hybridized carbons (Fsp3) is 0.263. The highest BCUT2D eigenvalue weighted by Crippen LogP contribution is 2.18. The van der Waals surface area contributed by atoms with Crippen LogP contribution in [0.1, 0.15) is 38.6 Å². The van der Waals surface area contributed by atoms with Crippen LogP contribution in [0.3, 0.4) is 0 Å². The number of benzene rings is 1. The normalized spacial score (nSPS) is 10.8. The van der Waals surface area contributed by atoms with Crippen LogP contribution in [0.25, 0.3) is 5.95 Å². The first kappa shape index (κ1) is 16.8. The zero-order chi connectivity index (χ0) is 18.1. The third-order valence-electron chi connectivity index (χ3n) is 3.87. The van der Waals surface area contributed by atoms with Crippen molar-refractivity contribution in [1.29, 1.82) is 0 Å². The summed E-state index contributed by atoms with van der Waals surface area (Å²) in [5.41, 5.74) is 5.09. The van der Waals surface area contributed by atoms with Crippen molar-refractivity contribution in [2.24, 2.45) is 0 Å². The Bertz CT molecular complexity index is 938. The van der Waals surface area contributed by atoms with E-state index in [1.54, 1.807) is 4.68 Å². The van der Waals surface area contributed by atoms with E-state index in [9.17, 15) is 4.79 Å². The van der Waals surface area contributed by atoms with Gasteiger partial charge >= 0.3 is 0 Å². The zero-order valence-corrected chi connectivity index (χ0v) is 15.1. The number of hydrogen-bond donors (Lipinski definition) is 1. The van der Waals surface area contributed by atoms with Crippen LogP contribution >= 0.6 is 0 Å². The molecule has 6 heteroatoms. The molecular formula is C19H21N5O. The summed E-state index contributed by atoms with van der Waals surface area (Å²) in [6.45, 7) is 9.57. The Morgan fingerprint density at radius 3 is 2.28 bits per heavy atom. The molecule has 25 heavy (non-hydrogen) atoms. The smallest absolute Gasteiger partial charge is 0.257 e. The minimum absolute atomic E-state index is 0.174. The van der Waals surface area contributed by atoms with Crippen molar-refractivity contribution < 1.29 is 4.79 Å². The second-order valence-electron chi connectivity index (χ2n) is 6.31. The van der Waals surface area contributed by atoms with Crippen molar-refractivity contribution in [3.63, 3.8) is 0 Å². The van der Waals surface area contributed by atoms with Gasteiger partial charge in [-0.25, -0.2) is 9.97 Å². The van der Waals surface area contributed by atoms with Gasteiger partial charge in [0.2, 0.25) is 0 Å². The van der Waals surface area contributed by atoms with Gasteiger partial charge in [0.05, 0.1) is 5.69 Å². The predicted molar refractivity (Wildman–Crippen MR) is 97.2 cm³/mol. The number of hydrogen-bond acceptors (Lipinski definition) is 4. The number of nitrogens with one attached hydrogen (secondary N) is 1. The molecule has 3 aromatic rings. The number of aryl methyl sites for hydroxylation is 5. The van der Waals surface area contributed by atoms with Crippen LogP contribution in [-0.4, -0.2) is 25.7 Å². The fourth-order valence-electron chi connectivity index (χ4n) is 2.71. The Kier molecular flexibility index (Phi) is 4.35. The number of nitrogens with zero attached hydrogens (tertiary/aromatic N) is 4. The van der Waals surface area contributed by atoms with E-state index in [1.807, 2.05) is 65.0 Å². The van der Waals surface area contributed by atoms with Crippen LogP contribution in [0, 0.1) is 34.6 Å². The van der Waals surface area contributed by atoms with Gasteiger partial charge in [0.25, 0.3) is 11.9 Å². The quantitative estimate of drug-likeness (QED) is 0.795. The minimum atomic E-state index is -0.174. The maximum atomic E-state index is 12.7. The Balaban J connectivity index is 1.99. The summed E-state index contributed by atoms with van der Waals surface area (Å²) in [7, 11) is 0. The Morgan fingerprint density at radius 2 is 1.60 bits per heavy atom. The van der Waals surface area contributed by atoms with Crippen LogP contribution in [0.5, 0.6) is 0 Å². The summed E-state index contributed by atoms with van der Waals surface area (Å²) >= 11 is 0. The van der Waals surface area contributed by atoms with E-state index in [4.69, 9.17) is 0 Å². The highest BCUT2D eigenvalue weighted by atomic mass is 16.1. The van der Waals surface area contributed by atoms with Crippen LogP contribution in [-0.2, 0) is 0 Å². The number of carbonyl (C=O) groups is 1. The van der Waals surface area contributed by atoms with Gasteiger partial charge in [0.1, 0.15) is 5.82 Å². The van der Waals surface area contributed by atoms with E-state index >= 15 is 0 Å². The van der Waals surface area contributed by atoms with E-state index in [0.717, 1.165) is 28.2 Å². The lowest BCUT2D eigenvalue weighted by atomic mass is 10.1. The Labute approximate surface area is 146 Å². The molecule has 0 aliphatic rings. The molecule has 0 aliphatic carbocycles. The second kappa shape index (κ2) is 6.47. The Hall–Kier alpha value is -3.02. The molecule has 1 amide bonds. The number of carbonyl (C=O) groups excluding carboxylic acids is 1. The fourth-order valence-corrected chi connectivity index (χ4v) is 2.71. The summed E-state index contributed by atoms with van der Waals surface area (Å²) in [6, 6.07) is 9.52. The average Bonchev–Trinajstić information content (AvgIpc) is 2.89. The van der Waals surface area contributed by atoms with Gasteiger partial charge in [-0.2, -0.15) is 9.78 Å². The van der Waals surface area contributed by atoms with Crippen molar-refractivity contribution in [2.75, 3.05) is 5.32 Å². The molecule has 0 atom stereocenters. The minimum Gasteiger partial charge on any atom is -0.306 e. The summed E-state index contributed by atoms with van der Waals surface area (Å²) in [6.07, 6.45) is 0. The highest BCUT2D eigenvalue weighted by Gasteiger charge is 2.16. The molecule has 6 nitrogen and oxygen atoms in total. The van der Waals surface area contributed by atoms with Crippen LogP contribution in [0.4, 0.5) is 5.82 Å². The molecule has 0 aliphatic heterocycles. The third-order valence-corrected chi connectivity index (χ3v) is 3.87. The monoisotopic (exact) mass is 335 g/mol. The molecule has 0 saturated carbocycles. The SMILES string of the molecule is Cc1ccc(C)c(C(=O)Nc2cc(C)nn2-c2nc(C)cc(C)n2)c1. The van der Waals surface area contributed by atoms with Crippen molar-refractivity contribution >= 4 is 11.7 Å². The first-order chi connectivity index (χ1) is 11.8. The van der Waals surface area contributed by atoms with Gasteiger partial charge < -0.3 is 5.32 Å². The molecule has 0 radical (unpaired) electrons. The number of rotatable bonds is 3. The molecule has 1 aromatic carbocycles. The lowest BCUT2D eigenvalue weighted by Gasteiger charge is -2.10. The largest absolute Gasteiger partial charge is 0.306 e. The molecule has 0 unspecified atom stereocenters. The topological polar surface area (TPSA) is 72.7 Å². The Morgan fingerprint density at radius 1 is 0.920 bits per heavy atom. The van der Waals surface area contributed by atoms with Crippen LogP contribution in [0.15, 0.2) is 30.3 Å². The standard InChI is InChI=1S/C19H21N5O/c1-11-6-7-12(2)16(8-11)18(25)22-17-10-15(5)23-24(17)19-20-13(3)9-14(4)21-19/h6-10H,1-5H3,(H,22,25). The lowest BCUT2D eigenvalue weighted by Crippen LogP contribution is -2.17. The second-order valence-corrected chi connectivity index (χ2v) is 6.31. The van der Waals surface area contributed by atoms with E-state index in [2.05, 4.69) is 20.4 Å². The van der Waals surface area contributed by atoms with Crippen molar-refractivity contribution in [3.8, 4) is 5.95 Å². The van der Waals surface area contributed by atoms with Gasteiger partial charge in [-0.05, 0) is 52.3 Å². The molecule has 128 valence electrons. The van der Waals surface area contributed by atoms with Crippen molar-refractivity contribution in [2.45, 2.75) is 34.6 Å². The third kappa shape index (κ3) is 3.57. The first-order valence-electron chi connectivity index (χ1n) is 8.11. The summed E-state index contributed by atoms with van der Waals surface area (Å²) in [5.74, 6) is 0.821. The molecular weight excluding hydrogens is 314 g/mol. The van der Waals surface area contributed by atoms with Crippen molar-refractivity contribution in [3.05, 3.63) is 64.1 Å². The maximum Gasteiger partial charge on any atom is 0.257 e. The van der Waals surface area contributed by atoms with E-state index in [1.165, 1.54) is 0 Å². The van der Waals surface area contributed by atoms with Gasteiger partial charge in [-0.15, -0.1) is 0 Å². The maximum absolute atomic E-state index is 12.7. The summed E-state index contributed by atoms with van der Waals surface area (Å²) in [5, 5.41) is 7.36. The van der Waals surface area contributed by atoms with E-state index in [-0.39, 0.29) is 5.91 Å². The van der Waals surface area contributed by atoms with E-state index < -0.39 is 0 Å². The predicted octanol–water partition coefficient (Wildman–Crippen LogP) is 3.46. The van der Waals surface area contributed by atoms with E-state index in [0.29, 0.717) is 17.3 Å². The zero-order valence-electron chi connectivity index (χ0n) is 15.1. The molecule has 0 saturated heterocycles. The summed E-state index contributed by atoms with van der Waals surface area (Å²) < 4.78 is 1.57. The number of aromatic nitrogens is 4. The summed E-state index contributed by atoms with van der Waals surface area (Å²) in [4.78, 5) is 21.6. The van der Waals surface area contributed by atoms with Crippen LogP contribution in [0.2, 0.25) is 0 Å². The van der Waals surface area contributed by atoms with Gasteiger partial charge in [-0.1, -0.05) is 17.7 Å². The molecule has 2 aromatic heterocycles. The average molecular weight is 335 g/mol. The van der Waals surface area contributed by atoms with Gasteiger partial charge in [0.15, 0.2) is 0 Å². The number of anilines is 1. The molecule has 1 N–H and O–H groups in total.